The van der Waals surface area contributed by atoms with Crippen molar-refractivity contribution < 1.29 is 16.9 Å². The van der Waals surface area contributed by atoms with Gasteiger partial charge in [-0.3, -0.25) is 0 Å². The van der Waals surface area contributed by atoms with Crippen LogP contribution < -0.4 is 12.4 Å². The second kappa shape index (κ2) is 10.5. The van der Waals surface area contributed by atoms with E-state index in [1.807, 2.05) is 12.2 Å². The average molecular weight is 189 g/mol. The molecular formula is C10H19ClN. The lowest BCUT2D eigenvalue weighted by atomic mass is 10.4. The minimum atomic E-state index is 0. The monoisotopic (exact) mass is 188 g/mol. The first kappa shape index (κ1) is 17.5. The van der Waals surface area contributed by atoms with Crippen LogP contribution in [0, 0.1) is 6.58 Å². The smallest absolute Gasteiger partial charge is 0.0969 e. The fourth-order valence-corrected chi connectivity index (χ4v) is 0.774. The summed E-state index contributed by atoms with van der Waals surface area (Å²) in [5.41, 5.74) is 0. The molecule has 0 heterocycles. The fourth-order valence-electron chi connectivity index (χ4n) is 0.774. The molecule has 2 heteroatoms. The Balaban J connectivity index is -0.000000249. The van der Waals surface area contributed by atoms with E-state index in [4.69, 9.17) is 0 Å². The molecule has 0 saturated carbocycles. The third-order valence-electron chi connectivity index (χ3n) is 1.25. The maximum atomic E-state index is 4.25. The Morgan fingerprint density at radius 1 is 1.08 bits per heavy atom. The number of hydrogen-bond acceptors (Lipinski definition) is 0. The predicted octanol–water partition coefficient (Wildman–Crippen LogP) is -0.956. The summed E-state index contributed by atoms with van der Waals surface area (Å²) in [5.74, 6) is 0. The Labute approximate surface area is 83.1 Å². The van der Waals surface area contributed by atoms with E-state index in [1.54, 1.807) is 0 Å². The Kier molecular flexibility index (Phi) is 15.3. The van der Waals surface area contributed by atoms with E-state index in [0.717, 1.165) is 17.6 Å². The molecule has 0 amide bonds. The van der Waals surface area contributed by atoms with Crippen LogP contribution in [0.5, 0.6) is 0 Å². The molecule has 0 fully saturated rings. The molecule has 0 aliphatic rings. The highest BCUT2D eigenvalue weighted by atomic mass is 35.5. The molecule has 1 radical (unpaired) electrons. The van der Waals surface area contributed by atoms with Crippen molar-refractivity contribution in [2.24, 2.45) is 0 Å². The number of halogens is 1. The van der Waals surface area contributed by atoms with Gasteiger partial charge in [-0.25, -0.2) is 0 Å². The predicted molar refractivity (Wildman–Crippen MR) is 52.2 cm³/mol. The van der Waals surface area contributed by atoms with Crippen molar-refractivity contribution in [2.75, 3.05) is 27.2 Å². The summed E-state index contributed by atoms with van der Waals surface area (Å²) in [6.07, 6.45) is 3.87. The molecule has 1 nitrogen and oxygen atoms in total. The highest BCUT2D eigenvalue weighted by Gasteiger charge is 2.07. The van der Waals surface area contributed by atoms with E-state index in [-0.39, 0.29) is 12.4 Å². The van der Waals surface area contributed by atoms with Crippen LogP contribution in [-0.2, 0) is 0 Å². The van der Waals surface area contributed by atoms with Gasteiger partial charge in [0, 0.05) is 0 Å². The Morgan fingerprint density at radius 2 is 1.33 bits per heavy atom. The van der Waals surface area contributed by atoms with E-state index < -0.39 is 0 Å². The second-order valence-electron chi connectivity index (χ2n) is 2.88. The first-order chi connectivity index (χ1) is 5.12. The van der Waals surface area contributed by atoms with Crippen molar-refractivity contribution in [3.8, 4) is 0 Å². The molecule has 0 aromatic heterocycles. The Bertz CT molecular complexity index is 107. The lowest BCUT2D eigenvalue weighted by Crippen LogP contribution is -3.00. The van der Waals surface area contributed by atoms with Gasteiger partial charge in [0.15, 0.2) is 0 Å². The van der Waals surface area contributed by atoms with Crippen LogP contribution in [0.25, 0.3) is 0 Å². The zero-order valence-electron chi connectivity index (χ0n) is 8.09. The molecule has 0 saturated heterocycles. The van der Waals surface area contributed by atoms with Crippen molar-refractivity contribution in [3.05, 3.63) is 38.5 Å². The van der Waals surface area contributed by atoms with Crippen molar-refractivity contribution >= 4 is 0 Å². The lowest BCUT2D eigenvalue weighted by Gasteiger charge is -2.26. The van der Waals surface area contributed by atoms with Crippen LogP contribution in [0.15, 0.2) is 31.9 Å². The fraction of sp³-hybridized carbons (Fsp3) is 0.400. The van der Waals surface area contributed by atoms with Gasteiger partial charge in [0.2, 0.25) is 0 Å². The van der Waals surface area contributed by atoms with Crippen LogP contribution in [0.4, 0.5) is 0 Å². The molecule has 0 atom stereocenters. The second-order valence-corrected chi connectivity index (χ2v) is 2.88. The minimum Gasteiger partial charge on any atom is -1.00 e. The highest BCUT2D eigenvalue weighted by molar-refractivity contribution is 4.69. The number of likely N-dealkylation sites (N-methyl/N-ethyl adjacent to an activating group) is 1. The molecule has 0 spiro atoms. The third kappa shape index (κ3) is 12.2. The number of nitrogens with zero attached hydrogens (tertiary/aromatic N) is 1. The lowest BCUT2D eigenvalue weighted by molar-refractivity contribution is -0.878. The van der Waals surface area contributed by atoms with Gasteiger partial charge in [0.05, 0.1) is 27.2 Å². The quantitative estimate of drug-likeness (QED) is 0.394. The summed E-state index contributed by atoms with van der Waals surface area (Å²) in [6, 6.07) is 0. The molecule has 0 aromatic carbocycles. The van der Waals surface area contributed by atoms with Gasteiger partial charge in [-0.2, -0.15) is 0 Å². The van der Waals surface area contributed by atoms with E-state index in [9.17, 15) is 0 Å². The van der Waals surface area contributed by atoms with Gasteiger partial charge in [-0.15, -0.1) is 0 Å². The minimum absolute atomic E-state index is 0. The topological polar surface area (TPSA) is 0 Å². The van der Waals surface area contributed by atoms with Gasteiger partial charge >= 0.3 is 0 Å². The first-order valence-electron chi connectivity index (χ1n) is 3.57. The summed E-state index contributed by atoms with van der Waals surface area (Å²) < 4.78 is 0.951. The normalized spacial score (nSPS) is 8.50. The van der Waals surface area contributed by atoms with Gasteiger partial charge in [-0.1, -0.05) is 26.3 Å². The molecule has 12 heavy (non-hydrogen) atoms. The number of rotatable bonds is 4. The van der Waals surface area contributed by atoms with Crippen LogP contribution >= 0.6 is 0 Å². The molecule has 0 rings (SSSR count). The molecular weight excluding hydrogens is 170 g/mol. The van der Waals surface area contributed by atoms with Gasteiger partial charge in [-0.05, 0) is 12.2 Å². The number of hydrogen-bond donors (Lipinski definition) is 0. The third-order valence-corrected chi connectivity index (χ3v) is 1.25. The zero-order valence-corrected chi connectivity index (χ0v) is 8.85. The molecule has 71 valence electrons. The molecule has 0 aliphatic carbocycles. The molecule has 0 unspecified atom stereocenters. The molecule has 0 bridgehead atoms. The first-order valence-corrected chi connectivity index (χ1v) is 3.57. The summed E-state index contributed by atoms with van der Waals surface area (Å²) in [6.45, 7) is 16.4. The van der Waals surface area contributed by atoms with Crippen molar-refractivity contribution in [1.29, 1.82) is 0 Å². The van der Waals surface area contributed by atoms with Crippen molar-refractivity contribution in [2.45, 2.75) is 0 Å². The average Bonchev–Trinajstić information content (AvgIpc) is 1.91. The van der Waals surface area contributed by atoms with E-state index >= 15 is 0 Å². The summed E-state index contributed by atoms with van der Waals surface area (Å²) in [4.78, 5) is 0. The summed E-state index contributed by atoms with van der Waals surface area (Å²) in [7, 11) is 4.31. The maximum absolute atomic E-state index is 4.25. The van der Waals surface area contributed by atoms with Crippen molar-refractivity contribution in [1.82, 2.24) is 0 Å². The van der Waals surface area contributed by atoms with E-state index in [1.165, 1.54) is 0 Å². The largest absolute Gasteiger partial charge is 1.00 e. The molecule has 0 aliphatic heterocycles. The van der Waals surface area contributed by atoms with Crippen molar-refractivity contribution in [3.63, 3.8) is 0 Å². The Morgan fingerprint density at radius 3 is 1.50 bits per heavy atom. The SMILES string of the molecule is C=CC[N+](C)(C)CC=C.[CH]=C.[Cl-]. The Hall–Kier alpha value is -0.530. The van der Waals surface area contributed by atoms with Crippen LogP contribution in [0.3, 0.4) is 0 Å². The van der Waals surface area contributed by atoms with E-state index in [0.29, 0.717) is 0 Å². The maximum Gasteiger partial charge on any atom is 0.0969 e. The summed E-state index contributed by atoms with van der Waals surface area (Å²) >= 11 is 0. The standard InChI is InChI=1S/C8H16N.C2H3.ClH/c1-5-7-9(3,4)8-6-2;1-2;/h5-6H,1-2,7-8H2,3-4H3;1H,2H2;1H/q+1;;/p-1. The van der Waals surface area contributed by atoms with Gasteiger partial charge in [0.25, 0.3) is 0 Å². The van der Waals surface area contributed by atoms with E-state index in [2.05, 4.69) is 40.4 Å². The van der Waals surface area contributed by atoms with Crippen LogP contribution in [0.2, 0.25) is 0 Å². The zero-order chi connectivity index (χ0) is 9.33. The van der Waals surface area contributed by atoms with Gasteiger partial charge in [0.1, 0.15) is 0 Å². The molecule has 0 aromatic rings. The number of quaternary nitrogens is 1. The van der Waals surface area contributed by atoms with Gasteiger partial charge < -0.3 is 16.9 Å². The van der Waals surface area contributed by atoms with Crippen LogP contribution in [-0.4, -0.2) is 31.7 Å². The summed E-state index contributed by atoms with van der Waals surface area (Å²) in [5, 5.41) is 0. The van der Waals surface area contributed by atoms with Crippen LogP contribution in [0.1, 0.15) is 0 Å². The molecule has 0 N–H and O–H groups in total. The highest BCUT2D eigenvalue weighted by Crippen LogP contribution is 1.95.